The lowest BCUT2D eigenvalue weighted by atomic mass is 9.95. The standard InChI is InChI=1S/C30H35NOS2/c1-23(33-21-25-15-9-5-10-16-25)27-19-28(30(2,3)34-22-26-17-11-6-12-18-26)31(29(27)32)20-24-13-7-4-8-14-24/h4-18,23,27-28H,19-22H2,1-3H3. The Labute approximate surface area is 213 Å². The maximum Gasteiger partial charge on any atom is 0.227 e. The first-order valence-corrected chi connectivity index (χ1v) is 14.2. The van der Waals surface area contributed by atoms with Gasteiger partial charge in [0.05, 0.1) is 5.92 Å². The molecule has 3 atom stereocenters. The van der Waals surface area contributed by atoms with Crippen molar-refractivity contribution in [1.29, 1.82) is 0 Å². The van der Waals surface area contributed by atoms with Crippen LogP contribution in [-0.4, -0.2) is 26.8 Å². The summed E-state index contributed by atoms with van der Waals surface area (Å²) in [5.74, 6) is 2.27. The molecule has 34 heavy (non-hydrogen) atoms. The fourth-order valence-electron chi connectivity index (χ4n) is 4.71. The van der Waals surface area contributed by atoms with Gasteiger partial charge in [-0.2, -0.15) is 11.8 Å². The van der Waals surface area contributed by atoms with Gasteiger partial charge >= 0.3 is 0 Å². The minimum absolute atomic E-state index is 0.0428. The second-order valence-electron chi connectivity index (χ2n) is 9.69. The lowest BCUT2D eigenvalue weighted by molar-refractivity contribution is -0.132. The van der Waals surface area contributed by atoms with Crippen molar-refractivity contribution in [1.82, 2.24) is 4.90 Å². The zero-order valence-electron chi connectivity index (χ0n) is 20.4. The van der Waals surface area contributed by atoms with Crippen LogP contribution in [0.1, 0.15) is 43.9 Å². The van der Waals surface area contributed by atoms with Crippen molar-refractivity contribution in [3.63, 3.8) is 0 Å². The van der Waals surface area contributed by atoms with Crippen molar-refractivity contribution in [3.8, 4) is 0 Å². The summed E-state index contributed by atoms with van der Waals surface area (Å²) in [5, 5.41) is 0.283. The number of benzene rings is 3. The lowest BCUT2D eigenvalue weighted by Crippen LogP contribution is -2.45. The van der Waals surface area contributed by atoms with Gasteiger partial charge in [0.1, 0.15) is 0 Å². The molecule has 1 fully saturated rings. The maximum absolute atomic E-state index is 13.8. The highest BCUT2D eigenvalue weighted by Gasteiger charge is 2.48. The van der Waals surface area contributed by atoms with E-state index in [1.165, 1.54) is 16.7 Å². The van der Waals surface area contributed by atoms with Crippen molar-refractivity contribution < 1.29 is 4.79 Å². The molecular formula is C30H35NOS2. The number of amides is 1. The van der Waals surface area contributed by atoms with Crippen molar-refractivity contribution >= 4 is 29.4 Å². The van der Waals surface area contributed by atoms with E-state index in [1.54, 1.807) is 0 Å². The molecule has 0 N–H and O–H groups in total. The summed E-state index contributed by atoms with van der Waals surface area (Å²) in [5.41, 5.74) is 3.86. The molecule has 0 aromatic heterocycles. The Balaban J connectivity index is 1.50. The molecule has 1 aliphatic heterocycles. The summed E-state index contributed by atoms with van der Waals surface area (Å²) in [6.45, 7) is 7.57. The van der Waals surface area contributed by atoms with Crippen molar-refractivity contribution in [2.75, 3.05) is 0 Å². The smallest absolute Gasteiger partial charge is 0.227 e. The van der Waals surface area contributed by atoms with Crippen LogP contribution < -0.4 is 0 Å². The number of hydrogen-bond acceptors (Lipinski definition) is 3. The number of carbonyl (C=O) groups excluding carboxylic acids is 1. The van der Waals surface area contributed by atoms with Gasteiger partial charge in [0.15, 0.2) is 0 Å². The fraction of sp³-hybridized carbons (Fsp3) is 0.367. The SMILES string of the molecule is CC(SCc1ccccc1)C1CC(C(C)(C)SCc2ccccc2)N(Cc2ccccc2)C1=O. The topological polar surface area (TPSA) is 20.3 Å². The van der Waals surface area contributed by atoms with Crippen LogP contribution in [0.4, 0.5) is 0 Å². The van der Waals surface area contributed by atoms with E-state index in [9.17, 15) is 4.79 Å². The molecule has 0 bridgehead atoms. The summed E-state index contributed by atoms with van der Waals surface area (Å²) in [7, 11) is 0. The second-order valence-corrected chi connectivity index (χ2v) is 12.7. The molecule has 1 aliphatic rings. The number of rotatable bonds is 10. The average Bonchev–Trinajstić information content (AvgIpc) is 3.20. The zero-order valence-corrected chi connectivity index (χ0v) is 22.0. The summed E-state index contributed by atoms with van der Waals surface area (Å²) >= 11 is 3.88. The molecule has 1 saturated heterocycles. The third-order valence-electron chi connectivity index (χ3n) is 6.83. The van der Waals surface area contributed by atoms with E-state index in [1.807, 2.05) is 29.6 Å². The van der Waals surface area contributed by atoms with Crippen molar-refractivity contribution in [2.45, 2.75) is 61.3 Å². The zero-order chi connectivity index (χ0) is 24.0. The third kappa shape index (κ3) is 6.28. The normalized spacial score (nSPS) is 19.4. The van der Waals surface area contributed by atoms with Crippen LogP contribution in [0.15, 0.2) is 91.0 Å². The Bertz CT molecular complexity index is 1040. The molecule has 0 spiro atoms. The third-order valence-corrected chi connectivity index (χ3v) is 9.68. The van der Waals surface area contributed by atoms with E-state index in [0.717, 1.165) is 17.9 Å². The van der Waals surface area contributed by atoms with Crippen molar-refractivity contribution in [3.05, 3.63) is 108 Å². The van der Waals surface area contributed by atoms with E-state index in [-0.39, 0.29) is 22.0 Å². The van der Waals surface area contributed by atoms with Crippen LogP contribution in [0.3, 0.4) is 0 Å². The molecule has 2 nitrogen and oxygen atoms in total. The molecular weight excluding hydrogens is 454 g/mol. The van der Waals surface area contributed by atoms with E-state index in [0.29, 0.717) is 12.5 Å². The van der Waals surface area contributed by atoms with Gasteiger partial charge in [-0.05, 0) is 37.0 Å². The molecule has 3 unspecified atom stereocenters. The Morgan fingerprint density at radius 3 is 1.88 bits per heavy atom. The van der Waals surface area contributed by atoms with E-state index in [2.05, 4.69) is 111 Å². The highest BCUT2D eigenvalue weighted by atomic mass is 32.2. The van der Waals surface area contributed by atoms with Gasteiger partial charge in [-0.15, -0.1) is 11.8 Å². The minimum Gasteiger partial charge on any atom is -0.334 e. The van der Waals surface area contributed by atoms with Crippen LogP contribution in [0, 0.1) is 5.92 Å². The molecule has 0 saturated carbocycles. The number of carbonyl (C=O) groups is 1. The molecule has 1 amide bonds. The summed E-state index contributed by atoms with van der Waals surface area (Å²) in [6.07, 6.45) is 0.920. The van der Waals surface area contributed by atoms with Gasteiger partial charge in [-0.1, -0.05) is 97.9 Å². The largest absolute Gasteiger partial charge is 0.334 e. The lowest BCUT2D eigenvalue weighted by Gasteiger charge is -2.37. The summed E-state index contributed by atoms with van der Waals surface area (Å²) in [4.78, 5) is 16.0. The van der Waals surface area contributed by atoms with E-state index in [4.69, 9.17) is 0 Å². The molecule has 4 rings (SSSR count). The number of thioether (sulfide) groups is 2. The van der Waals surface area contributed by atoms with Gasteiger partial charge in [-0.25, -0.2) is 0 Å². The highest BCUT2D eigenvalue weighted by molar-refractivity contribution is 8.00. The molecule has 0 aliphatic carbocycles. The molecule has 178 valence electrons. The Morgan fingerprint density at radius 2 is 1.32 bits per heavy atom. The average molecular weight is 490 g/mol. The highest BCUT2D eigenvalue weighted by Crippen LogP contribution is 2.44. The maximum atomic E-state index is 13.8. The van der Waals surface area contributed by atoms with Crippen LogP contribution in [0.5, 0.6) is 0 Å². The number of nitrogens with zero attached hydrogens (tertiary/aromatic N) is 1. The molecule has 3 aromatic carbocycles. The number of hydrogen-bond donors (Lipinski definition) is 0. The predicted molar refractivity (Wildman–Crippen MR) is 148 cm³/mol. The molecule has 3 aromatic rings. The Morgan fingerprint density at radius 1 is 0.824 bits per heavy atom. The number of likely N-dealkylation sites (tertiary alicyclic amines) is 1. The van der Waals surface area contributed by atoms with Crippen LogP contribution in [0.2, 0.25) is 0 Å². The quantitative estimate of drug-likeness (QED) is 0.295. The van der Waals surface area contributed by atoms with Gasteiger partial charge in [-0.3, -0.25) is 4.79 Å². The molecule has 0 radical (unpaired) electrons. The van der Waals surface area contributed by atoms with Crippen LogP contribution in [-0.2, 0) is 22.8 Å². The first kappa shape index (κ1) is 24.9. The van der Waals surface area contributed by atoms with Crippen molar-refractivity contribution in [2.24, 2.45) is 5.92 Å². The van der Waals surface area contributed by atoms with Gasteiger partial charge in [0.25, 0.3) is 0 Å². The van der Waals surface area contributed by atoms with Crippen LogP contribution in [0.25, 0.3) is 0 Å². The Kier molecular flexibility index (Phi) is 8.44. The molecule has 4 heteroatoms. The first-order valence-electron chi connectivity index (χ1n) is 12.1. The minimum atomic E-state index is -0.0428. The van der Waals surface area contributed by atoms with Gasteiger partial charge in [0.2, 0.25) is 5.91 Å². The van der Waals surface area contributed by atoms with Crippen LogP contribution >= 0.6 is 23.5 Å². The molecule has 1 heterocycles. The monoisotopic (exact) mass is 489 g/mol. The Hall–Kier alpha value is -2.17. The summed E-state index contributed by atoms with van der Waals surface area (Å²) in [6, 6.07) is 31.9. The van der Waals surface area contributed by atoms with E-state index < -0.39 is 0 Å². The summed E-state index contributed by atoms with van der Waals surface area (Å²) < 4.78 is -0.0428. The predicted octanol–water partition coefficient (Wildman–Crippen LogP) is 7.44. The first-order chi connectivity index (χ1) is 16.4. The van der Waals surface area contributed by atoms with E-state index >= 15 is 0 Å². The fourth-order valence-corrected chi connectivity index (χ4v) is 6.97. The van der Waals surface area contributed by atoms with Gasteiger partial charge < -0.3 is 4.90 Å². The van der Waals surface area contributed by atoms with Gasteiger partial charge in [0, 0.05) is 34.1 Å². The second kappa shape index (κ2) is 11.5.